The number of nitrogens with zero attached hydrogens (tertiary/aromatic N) is 2. The zero-order chi connectivity index (χ0) is 17.6. The number of rotatable bonds is 5. The van der Waals surface area contributed by atoms with Gasteiger partial charge in [0.2, 0.25) is 5.95 Å². The van der Waals surface area contributed by atoms with Crippen LogP contribution in [-0.2, 0) is 0 Å². The normalized spacial score (nSPS) is 11.7. The zero-order valence-electron chi connectivity index (χ0n) is 13.3. The Morgan fingerprint density at radius 2 is 1.60 bits per heavy atom. The van der Waals surface area contributed by atoms with Crippen LogP contribution in [0.3, 0.4) is 0 Å². The number of hydrogen-bond donors (Lipinski definition) is 1. The summed E-state index contributed by atoms with van der Waals surface area (Å²) in [5.41, 5.74) is 2.79. The molecule has 0 atom stereocenters. The van der Waals surface area contributed by atoms with Gasteiger partial charge >= 0.3 is 0 Å². The Labute approximate surface area is 150 Å². The smallest absolute Gasteiger partial charge is 0.213 e. The van der Waals surface area contributed by atoms with Crippen molar-refractivity contribution in [1.29, 1.82) is 0 Å². The molecule has 0 aliphatic rings. The van der Waals surface area contributed by atoms with E-state index in [1.165, 1.54) is 12.3 Å². The van der Waals surface area contributed by atoms with Gasteiger partial charge in [0, 0.05) is 30.2 Å². The Morgan fingerprint density at radius 3 is 2.12 bits per heavy atom. The van der Waals surface area contributed by atoms with Crippen molar-refractivity contribution in [1.82, 2.24) is 4.98 Å². The average Bonchev–Trinajstić information content (AvgIpc) is 2.66. The molecule has 0 aliphatic heterocycles. The lowest BCUT2D eigenvalue weighted by molar-refractivity contribution is 0.317. The fraction of sp³-hybridized carbons (Fsp3) is 0.100. The largest absolute Gasteiger partial charge is 0.411 e. The van der Waals surface area contributed by atoms with Gasteiger partial charge in [-0.15, -0.1) is 0 Å². The van der Waals surface area contributed by atoms with Crippen molar-refractivity contribution >= 4 is 17.3 Å². The van der Waals surface area contributed by atoms with Gasteiger partial charge in [-0.25, -0.2) is 4.98 Å². The van der Waals surface area contributed by atoms with Crippen LogP contribution in [0.15, 0.2) is 78.1 Å². The highest BCUT2D eigenvalue weighted by Gasteiger charge is 2.20. The second kappa shape index (κ2) is 7.90. The van der Waals surface area contributed by atoms with Gasteiger partial charge in [-0.1, -0.05) is 77.4 Å². The van der Waals surface area contributed by atoms with Crippen LogP contribution in [0.1, 0.15) is 29.0 Å². The quantitative estimate of drug-likeness (QED) is 0.293. The molecule has 1 aromatic heterocycles. The summed E-state index contributed by atoms with van der Waals surface area (Å²) in [6.45, 7) is 0. The molecule has 5 heteroatoms. The third-order valence-corrected chi connectivity index (χ3v) is 4.36. The third kappa shape index (κ3) is 4.03. The highest BCUT2D eigenvalue weighted by atomic mass is 35.5. The van der Waals surface area contributed by atoms with E-state index in [-0.39, 0.29) is 10.9 Å². The SMILES string of the molecule is ON=C(CC(c1ccccc1)c1ccccc1)c1cc(F)ncc1Cl. The number of pyridine rings is 1. The van der Waals surface area contributed by atoms with Gasteiger partial charge in [0.05, 0.1) is 10.7 Å². The molecule has 3 rings (SSSR count). The number of oxime groups is 1. The fourth-order valence-corrected chi connectivity index (χ4v) is 3.04. The van der Waals surface area contributed by atoms with Crippen molar-refractivity contribution in [2.45, 2.75) is 12.3 Å². The van der Waals surface area contributed by atoms with Crippen molar-refractivity contribution in [2.24, 2.45) is 5.16 Å². The molecule has 126 valence electrons. The minimum atomic E-state index is -0.670. The van der Waals surface area contributed by atoms with Crippen molar-refractivity contribution in [3.63, 3.8) is 0 Å². The molecule has 0 fully saturated rings. The van der Waals surface area contributed by atoms with Crippen LogP contribution in [0.2, 0.25) is 5.02 Å². The molecule has 0 spiro atoms. The third-order valence-electron chi connectivity index (χ3n) is 4.05. The number of halogens is 2. The number of hydrogen-bond acceptors (Lipinski definition) is 3. The van der Waals surface area contributed by atoms with E-state index in [1.807, 2.05) is 60.7 Å². The maximum atomic E-state index is 13.5. The van der Waals surface area contributed by atoms with Gasteiger partial charge in [0.15, 0.2) is 0 Å². The van der Waals surface area contributed by atoms with Gasteiger partial charge in [-0.2, -0.15) is 4.39 Å². The van der Waals surface area contributed by atoms with Crippen molar-refractivity contribution in [3.05, 3.63) is 101 Å². The second-order valence-electron chi connectivity index (χ2n) is 5.61. The minimum Gasteiger partial charge on any atom is -0.411 e. The Hall–Kier alpha value is -2.72. The fourth-order valence-electron chi connectivity index (χ4n) is 2.83. The maximum absolute atomic E-state index is 13.5. The highest BCUT2D eigenvalue weighted by Crippen LogP contribution is 2.31. The van der Waals surface area contributed by atoms with Crippen molar-refractivity contribution in [3.8, 4) is 0 Å². The maximum Gasteiger partial charge on any atom is 0.213 e. The summed E-state index contributed by atoms with van der Waals surface area (Å²) in [4.78, 5) is 3.52. The predicted molar refractivity (Wildman–Crippen MR) is 96.9 cm³/mol. The van der Waals surface area contributed by atoms with Crippen LogP contribution >= 0.6 is 11.6 Å². The van der Waals surface area contributed by atoms with E-state index in [1.54, 1.807) is 0 Å². The lowest BCUT2D eigenvalue weighted by Crippen LogP contribution is -2.11. The summed E-state index contributed by atoms with van der Waals surface area (Å²) in [7, 11) is 0. The molecule has 0 radical (unpaired) electrons. The Morgan fingerprint density at radius 1 is 1.04 bits per heavy atom. The van der Waals surface area contributed by atoms with E-state index >= 15 is 0 Å². The van der Waals surface area contributed by atoms with E-state index in [4.69, 9.17) is 11.6 Å². The van der Waals surface area contributed by atoms with Gasteiger partial charge in [0.1, 0.15) is 0 Å². The Balaban J connectivity index is 2.01. The first kappa shape index (κ1) is 17.1. The zero-order valence-corrected chi connectivity index (χ0v) is 14.1. The molecule has 3 aromatic rings. The molecule has 2 aromatic carbocycles. The molecule has 1 N–H and O–H groups in total. The number of benzene rings is 2. The monoisotopic (exact) mass is 354 g/mol. The summed E-state index contributed by atoms with van der Waals surface area (Å²) >= 11 is 6.12. The standard InChI is InChI=1S/C20H16ClFN2O/c21-18-13-23-20(22)12-17(18)19(24-25)11-16(14-7-3-1-4-8-14)15-9-5-2-6-10-15/h1-10,12-13,16,25H,11H2. The van der Waals surface area contributed by atoms with Crippen LogP contribution in [0.25, 0.3) is 0 Å². The van der Waals surface area contributed by atoms with E-state index in [0.29, 0.717) is 17.7 Å². The number of aromatic nitrogens is 1. The molecule has 3 nitrogen and oxygen atoms in total. The summed E-state index contributed by atoms with van der Waals surface area (Å²) < 4.78 is 13.5. The molecule has 0 unspecified atom stereocenters. The average molecular weight is 355 g/mol. The van der Waals surface area contributed by atoms with E-state index in [0.717, 1.165) is 11.1 Å². The van der Waals surface area contributed by atoms with Crippen LogP contribution < -0.4 is 0 Å². The Kier molecular flexibility index (Phi) is 5.41. The van der Waals surface area contributed by atoms with Crippen molar-refractivity contribution in [2.75, 3.05) is 0 Å². The second-order valence-corrected chi connectivity index (χ2v) is 6.02. The molecule has 1 heterocycles. The lowest BCUT2D eigenvalue weighted by Gasteiger charge is -2.19. The van der Waals surface area contributed by atoms with Gasteiger partial charge < -0.3 is 5.21 Å². The summed E-state index contributed by atoms with van der Waals surface area (Å²) in [5, 5.41) is 13.2. The summed E-state index contributed by atoms with van der Waals surface area (Å²) in [5.74, 6) is -0.725. The predicted octanol–water partition coefficient (Wildman–Crippen LogP) is 5.27. The van der Waals surface area contributed by atoms with E-state index in [9.17, 15) is 9.60 Å². The molecular weight excluding hydrogens is 339 g/mol. The van der Waals surface area contributed by atoms with Crippen LogP contribution in [0.4, 0.5) is 4.39 Å². The van der Waals surface area contributed by atoms with E-state index in [2.05, 4.69) is 10.1 Å². The van der Waals surface area contributed by atoms with Crippen LogP contribution in [0, 0.1) is 5.95 Å². The van der Waals surface area contributed by atoms with Gasteiger partial charge in [-0.3, -0.25) is 0 Å². The molecule has 0 saturated carbocycles. The van der Waals surface area contributed by atoms with E-state index < -0.39 is 5.95 Å². The Bertz CT molecular complexity index is 830. The molecule has 0 amide bonds. The van der Waals surface area contributed by atoms with Crippen molar-refractivity contribution < 1.29 is 9.60 Å². The van der Waals surface area contributed by atoms with Gasteiger partial charge in [0.25, 0.3) is 0 Å². The highest BCUT2D eigenvalue weighted by molar-refractivity contribution is 6.34. The lowest BCUT2D eigenvalue weighted by atomic mass is 9.85. The molecule has 0 saturated heterocycles. The summed E-state index contributed by atoms with van der Waals surface area (Å²) in [6, 6.07) is 21.0. The minimum absolute atomic E-state index is 0.0550. The van der Waals surface area contributed by atoms with Gasteiger partial charge in [-0.05, 0) is 11.1 Å². The van der Waals surface area contributed by atoms with Crippen LogP contribution in [-0.4, -0.2) is 15.9 Å². The first-order valence-corrected chi connectivity index (χ1v) is 8.19. The first-order chi connectivity index (χ1) is 12.2. The molecule has 0 aliphatic carbocycles. The molecule has 25 heavy (non-hydrogen) atoms. The van der Waals surface area contributed by atoms with Crippen LogP contribution in [0.5, 0.6) is 0 Å². The first-order valence-electron chi connectivity index (χ1n) is 7.81. The topological polar surface area (TPSA) is 45.5 Å². The molecule has 0 bridgehead atoms. The summed E-state index contributed by atoms with van der Waals surface area (Å²) in [6.07, 6.45) is 1.59. The molecular formula is C20H16ClFN2O.